The second-order valence-corrected chi connectivity index (χ2v) is 6.36. The molecule has 1 aromatic carbocycles. The number of nitrogens with zero attached hydrogens (tertiary/aromatic N) is 1. The van der Waals surface area contributed by atoms with Gasteiger partial charge < -0.3 is 4.74 Å². The number of rotatable bonds is 3. The molecule has 0 aromatic heterocycles. The smallest absolute Gasteiger partial charge is 0.208 e. The first-order chi connectivity index (χ1) is 8.05. The minimum Gasteiger partial charge on any atom is -0.376 e. The van der Waals surface area contributed by atoms with E-state index in [1.807, 2.05) is 13.0 Å². The summed E-state index contributed by atoms with van der Waals surface area (Å²) in [6, 6.07) is 8.54. The van der Waals surface area contributed by atoms with Crippen LogP contribution in [0.15, 0.2) is 29.2 Å². The fourth-order valence-corrected chi connectivity index (χ4v) is 3.24. The first-order valence-electron chi connectivity index (χ1n) is 5.38. The van der Waals surface area contributed by atoms with Crippen LogP contribution >= 0.6 is 0 Å². The third-order valence-electron chi connectivity index (χ3n) is 3.03. The molecule has 90 valence electrons. The van der Waals surface area contributed by atoms with Crippen molar-refractivity contribution in [3.05, 3.63) is 29.8 Å². The van der Waals surface area contributed by atoms with Gasteiger partial charge in [-0.2, -0.15) is 5.26 Å². The molecule has 1 fully saturated rings. The molecule has 0 bridgehead atoms. The van der Waals surface area contributed by atoms with E-state index in [1.165, 1.54) is 0 Å². The van der Waals surface area contributed by atoms with Gasteiger partial charge in [0.1, 0.15) is 0 Å². The van der Waals surface area contributed by atoms with Crippen LogP contribution in [0.2, 0.25) is 0 Å². The average molecular weight is 251 g/mol. The van der Waals surface area contributed by atoms with Gasteiger partial charge >= 0.3 is 0 Å². The van der Waals surface area contributed by atoms with Crippen LogP contribution in [0.3, 0.4) is 0 Å². The zero-order valence-electron chi connectivity index (χ0n) is 9.51. The Kier molecular flexibility index (Phi) is 2.94. The van der Waals surface area contributed by atoms with E-state index in [1.54, 1.807) is 24.3 Å². The van der Waals surface area contributed by atoms with Gasteiger partial charge in [0, 0.05) is 0 Å². The summed E-state index contributed by atoms with van der Waals surface area (Å²) in [5, 5.41) is 9.03. The van der Waals surface area contributed by atoms with Crippen LogP contribution in [0.1, 0.15) is 12.5 Å². The van der Waals surface area contributed by atoms with Crippen molar-refractivity contribution in [1.29, 1.82) is 5.26 Å². The molecule has 2 rings (SSSR count). The first-order valence-corrected chi connectivity index (χ1v) is 6.86. The highest BCUT2D eigenvalue weighted by molar-refractivity contribution is 7.93. The van der Waals surface area contributed by atoms with E-state index in [9.17, 15) is 8.42 Å². The van der Waals surface area contributed by atoms with Crippen molar-refractivity contribution in [3.63, 3.8) is 0 Å². The van der Waals surface area contributed by atoms with Gasteiger partial charge in [-0.25, -0.2) is 8.42 Å². The van der Waals surface area contributed by atoms with Crippen molar-refractivity contribution >= 4 is 9.84 Å². The van der Waals surface area contributed by atoms with Gasteiger partial charge in [0.15, 0.2) is 0 Å². The molecule has 0 spiro atoms. The number of nitriles is 1. The lowest BCUT2D eigenvalue weighted by Gasteiger charge is -2.34. The molecule has 1 heterocycles. The lowest BCUT2D eigenvalue weighted by Crippen LogP contribution is -2.54. The molecule has 1 saturated heterocycles. The Morgan fingerprint density at radius 3 is 2.29 bits per heavy atom. The lowest BCUT2D eigenvalue weighted by molar-refractivity contribution is 0.0115. The molecule has 0 amide bonds. The van der Waals surface area contributed by atoms with E-state index >= 15 is 0 Å². The molecule has 0 aliphatic carbocycles. The molecule has 1 aromatic rings. The Morgan fingerprint density at radius 1 is 1.35 bits per heavy atom. The quantitative estimate of drug-likeness (QED) is 0.812. The highest BCUT2D eigenvalue weighted by Gasteiger charge is 2.52. The fourth-order valence-electron chi connectivity index (χ4n) is 1.70. The lowest BCUT2D eigenvalue weighted by atomic mass is 10.1. The normalized spacial score (nSPS) is 18.1. The minimum atomic E-state index is -3.63. The predicted molar refractivity (Wildman–Crippen MR) is 62.2 cm³/mol. The third-order valence-corrected chi connectivity index (χ3v) is 5.28. The molecule has 1 aliphatic rings. The van der Waals surface area contributed by atoms with Crippen LogP contribution in [0.4, 0.5) is 0 Å². The topological polar surface area (TPSA) is 67.2 Å². The molecule has 1 aliphatic heterocycles. The zero-order valence-corrected chi connectivity index (χ0v) is 10.3. The summed E-state index contributed by atoms with van der Waals surface area (Å²) < 4.78 is 28.0. The van der Waals surface area contributed by atoms with E-state index in [4.69, 9.17) is 10.00 Å². The van der Waals surface area contributed by atoms with Gasteiger partial charge in [-0.15, -0.1) is 0 Å². The van der Waals surface area contributed by atoms with Crippen LogP contribution in [-0.4, -0.2) is 26.4 Å². The van der Waals surface area contributed by atoms with Gasteiger partial charge in [-0.05, 0) is 24.1 Å². The van der Waals surface area contributed by atoms with Crippen molar-refractivity contribution in [1.82, 2.24) is 0 Å². The molecular weight excluding hydrogens is 238 g/mol. The molecule has 0 radical (unpaired) electrons. The molecule has 5 heteroatoms. The maximum Gasteiger partial charge on any atom is 0.208 e. The number of sulfone groups is 1. The number of benzene rings is 1. The highest BCUT2D eigenvalue weighted by Crippen LogP contribution is 2.32. The van der Waals surface area contributed by atoms with Gasteiger partial charge in [0.25, 0.3) is 0 Å². The molecule has 0 unspecified atom stereocenters. The van der Waals surface area contributed by atoms with Crippen LogP contribution in [0, 0.1) is 11.3 Å². The Morgan fingerprint density at radius 2 is 1.94 bits per heavy atom. The summed E-state index contributed by atoms with van der Waals surface area (Å²) >= 11 is 0. The van der Waals surface area contributed by atoms with Crippen LogP contribution in [0.5, 0.6) is 0 Å². The molecule has 0 atom stereocenters. The van der Waals surface area contributed by atoms with E-state index in [0.29, 0.717) is 0 Å². The van der Waals surface area contributed by atoms with Gasteiger partial charge in [0.2, 0.25) is 14.6 Å². The second kappa shape index (κ2) is 4.13. The van der Waals surface area contributed by atoms with Crippen molar-refractivity contribution in [2.75, 3.05) is 13.2 Å². The minimum absolute atomic E-state index is 0.0403. The van der Waals surface area contributed by atoms with Crippen LogP contribution in [0.25, 0.3) is 0 Å². The third kappa shape index (κ3) is 1.74. The zero-order chi connectivity index (χ0) is 12.5. The summed E-state index contributed by atoms with van der Waals surface area (Å²) in [5.41, 5.74) is 1.07. The predicted octanol–water partition coefficient (Wildman–Crippen LogP) is 1.32. The van der Waals surface area contributed by atoms with Gasteiger partial charge in [0.05, 0.1) is 24.2 Å². The summed E-state index contributed by atoms with van der Waals surface area (Å²) in [5.74, 6) is 0. The standard InChI is InChI=1S/C12H13NO3S/c1-2-10-3-5-11(6-4-10)17(14,15)12(7-13)8-16-9-12/h3-6H,2,8-9H2,1H3. The maximum absolute atomic E-state index is 12.3. The Balaban J connectivity index is 2.42. The van der Waals surface area contributed by atoms with E-state index in [0.717, 1.165) is 12.0 Å². The monoisotopic (exact) mass is 251 g/mol. The highest BCUT2D eigenvalue weighted by atomic mass is 32.2. The van der Waals surface area contributed by atoms with Crippen LogP contribution < -0.4 is 0 Å². The van der Waals surface area contributed by atoms with Crippen molar-refractivity contribution in [2.24, 2.45) is 0 Å². The summed E-state index contributed by atoms with van der Waals surface area (Å²) in [7, 11) is -3.63. The second-order valence-electron chi connectivity index (χ2n) is 4.10. The number of aryl methyl sites for hydroxylation is 1. The number of hydrogen-bond donors (Lipinski definition) is 0. The van der Waals surface area contributed by atoms with Crippen molar-refractivity contribution < 1.29 is 13.2 Å². The maximum atomic E-state index is 12.3. The van der Waals surface area contributed by atoms with Crippen LogP contribution in [-0.2, 0) is 21.0 Å². The molecule has 4 nitrogen and oxygen atoms in total. The Bertz CT molecular complexity index is 550. The average Bonchev–Trinajstić information content (AvgIpc) is 2.28. The molecule has 17 heavy (non-hydrogen) atoms. The summed E-state index contributed by atoms with van der Waals surface area (Å²) in [6.45, 7) is 1.92. The number of ether oxygens (including phenoxy) is 1. The van der Waals surface area contributed by atoms with Crippen molar-refractivity contribution in [2.45, 2.75) is 23.0 Å². The summed E-state index contributed by atoms with van der Waals surface area (Å²) in [4.78, 5) is 0.194. The largest absolute Gasteiger partial charge is 0.376 e. The number of hydrogen-bond acceptors (Lipinski definition) is 4. The Labute approximate surface area is 101 Å². The van der Waals surface area contributed by atoms with Gasteiger partial charge in [-0.3, -0.25) is 0 Å². The Hall–Kier alpha value is -1.38. The fraction of sp³-hybridized carbons (Fsp3) is 0.417. The molecule has 0 N–H and O–H groups in total. The summed E-state index contributed by atoms with van der Waals surface area (Å²) in [6.07, 6.45) is 0.854. The molecule has 0 saturated carbocycles. The van der Waals surface area contributed by atoms with E-state index in [-0.39, 0.29) is 18.1 Å². The van der Waals surface area contributed by atoms with Crippen molar-refractivity contribution in [3.8, 4) is 6.07 Å². The molecular formula is C12H13NO3S. The van der Waals surface area contributed by atoms with E-state index in [2.05, 4.69) is 0 Å². The van der Waals surface area contributed by atoms with Gasteiger partial charge in [-0.1, -0.05) is 19.1 Å². The first kappa shape index (κ1) is 12.1. The van der Waals surface area contributed by atoms with E-state index < -0.39 is 14.6 Å². The SMILES string of the molecule is CCc1ccc(S(=O)(=O)C2(C#N)COC2)cc1.